The van der Waals surface area contributed by atoms with Gasteiger partial charge in [0.2, 0.25) is 0 Å². The number of benzene rings is 1. The predicted molar refractivity (Wildman–Crippen MR) is 139 cm³/mol. The number of rotatable bonds is 8. The maximum Gasteiger partial charge on any atom is 0.313 e. The maximum absolute atomic E-state index is 13.3. The van der Waals surface area contributed by atoms with Gasteiger partial charge in [0.05, 0.1) is 30.9 Å². The second-order valence-electron chi connectivity index (χ2n) is 9.60. The molecule has 0 aliphatic carbocycles. The molecule has 0 unspecified atom stereocenters. The third kappa shape index (κ3) is 7.68. The average molecular weight is 482 g/mol. The number of aliphatic imine (C=N–C) groups is 1. The molecular formula is C27H39N5O3. The number of hydrogen-bond donors (Lipinski definition) is 2. The van der Waals surface area contributed by atoms with Crippen LogP contribution in [0.1, 0.15) is 51.1 Å². The topological polar surface area (TPSA) is 100 Å². The lowest BCUT2D eigenvalue weighted by Crippen LogP contribution is -2.48. The fraction of sp³-hybridized carbons (Fsp3) is 0.519. The van der Waals surface area contributed by atoms with Crippen LogP contribution in [0.3, 0.4) is 0 Å². The van der Waals surface area contributed by atoms with E-state index in [1.807, 2.05) is 37.3 Å². The van der Waals surface area contributed by atoms with Crippen LogP contribution in [-0.2, 0) is 9.59 Å². The van der Waals surface area contributed by atoms with Crippen LogP contribution in [0.15, 0.2) is 53.3 Å². The minimum atomic E-state index is -0.680. The second kappa shape index (κ2) is 13.1. The van der Waals surface area contributed by atoms with Crippen LogP contribution in [0.25, 0.3) is 0 Å². The molecule has 2 aliphatic rings. The molecule has 2 saturated heterocycles. The number of nitrogens with zero attached hydrogens (tertiary/aromatic N) is 3. The molecule has 0 aromatic heterocycles. The summed E-state index contributed by atoms with van der Waals surface area (Å²) in [6.45, 7) is 7.47. The molecule has 1 aromatic rings. The van der Waals surface area contributed by atoms with Crippen LogP contribution in [0, 0.1) is 11.8 Å². The van der Waals surface area contributed by atoms with Gasteiger partial charge in [-0.25, -0.2) is 4.99 Å². The molecule has 2 aliphatic heterocycles. The smallest absolute Gasteiger partial charge is 0.313 e. The van der Waals surface area contributed by atoms with Crippen molar-refractivity contribution >= 4 is 18.2 Å². The van der Waals surface area contributed by atoms with Crippen LogP contribution in [-0.4, -0.2) is 61.2 Å². The molecule has 190 valence electrons. The van der Waals surface area contributed by atoms with Gasteiger partial charge in [-0.3, -0.25) is 9.59 Å². The van der Waals surface area contributed by atoms with E-state index in [0.29, 0.717) is 30.7 Å². The van der Waals surface area contributed by atoms with Crippen LogP contribution in [0.4, 0.5) is 0 Å². The molecule has 3 rings (SSSR count). The Kier molecular flexibility index (Phi) is 9.90. The number of nitrogens with two attached hydrogens (primary N) is 1. The van der Waals surface area contributed by atoms with E-state index in [1.165, 1.54) is 6.20 Å². The average Bonchev–Trinajstić information content (AvgIpc) is 3.28. The summed E-state index contributed by atoms with van der Waals surface area (Å²) in [5.41, 5.74) is 6.74. The fourth-order valence-electron chi connectivity index (χ4n) is 4.71. The number of amides is 2. The minimum absolute atomic E-state index is 0.175. The lowest BCUT2D eigenvalue weighted by molar-refractivity contribution is -0.148. The Morgan fingerprint density at radius 3 is 2.80 bits per heavy atom. The summed E-state index contributed by atoms with van der Waals surface area (Å²) in [6, 6.07) is 7.78. The molecule has 0 saturated carbocycles. The van der Waals surface area contributed by atoms with Gasteiger partial charge in [0.15, 0.2) is 0 Å². The first-order chi connectivity index (χ1) is 16.9. The summed E-state index contributed by atoms with van der Waals surface area (Å²) < 4.78 is 6.11. The molecule has 2 amide bonds. The highest BCUT2D eigenvalue weighted by atomic mass is 16.5. The molecule has 0 spiro atoms. The first kappa shape index (κ1) is 26.5. The molecule has 8 heteroatoms. The number of ether oxygens (including phenoxy) is 1. The monoisotopic (exact) mass is 481 g/mol. The zero-order valence-corrected chi connectivity index (χ0v) is 21.2. The van der Waals surface area contributed by atoms with Crippen LogP contribution < -0.4 is 15.8 Å². The molecule has 0 bridgehead atoms. The number of carbonyl (C=O) groups is 2. The van der Waals surface area contributed by atoms with Crippen LogP contribution in [0.2, 0.25) is 0 Å². The molecular weight excluding hydrogens is 442 g/mol. The van der Waals surface area contributed by atoms with Gasteiger partial charge < -0.3 is 25.6 Å². The van der Waals surface area contributed by atoms with Crippen molar-refractivity contribution in [3.05, 3.63) is 53.9 Å². The Bertz CT molecular complexity index is 958. The van der Waals surface area contributed by atoms with Crippen LogP contribution in [0.5, 0.6) is 5.75 Å². The van der Waals surface area contributed by atoms with Gasteiger partial charge in [-0.2, -0.15) is 0 Å². The van der Waals surface area contributed by atoms with E-state index in [1.54, 1.807) is 11.0 Å². The largest absolute Gasteiger partial charge is 0.493 e. The van der Waals surface area contributed by atoms with E-state index in [9.17, 15) is 9.59 Å². The van der Waals surface area contributed by atoms with Gasteiger partial charge in [0, 0.05) is 19.0 Å². The summed E-state index contributed by atoms with van der Waals surface area (Å²) in [7, 11) is 2.14. The van der Waals surface area contributed by atoms with E-state index in [4.69, 9.17) is 10.5 Å². The van der Waals surface area contributed by atoms with Crippen molar-refractivity contribution in [1.82, 2.24) is 15.1 Å². The summed E-state index contributed by atoms with van der Waals surface area (Å²) in [4.78, 5) is 34.1. The zero-order chi connectivity index (χ0) is 25.2. The van der Waals surface area contributed by atoms with E-state index >= 15 is 0 Å². The van der Waals surface area contributed by atoms with E-state index in [-0.39, 0.29) is 6.04 Å². The van der Waals surface area contributed by atoms with Gasteiger partial charge in [0.25, 0.3) is 0 Å². The quantitative estimate of drug-likeness (QED) is 0.257. The summed E-state index contributed by atoms with van der Waals surface area (Å²) >= 11 is 0. The summed E-state index contributed by atoms with van der Waals surface area (Å²) in [6.07, 6.45) is 9.88. The predicted octanol–water partition coefficient (Wildman–Crippen LogP) is 3.23. The third-order valence-corrected chi connectivity index (χ3v) is 6.58. The Morgan fingerprint density at radius 2 is 2.09 bits per heavy atom. The normalized spacial score (nSPS) is 23.8. The molecule has 3 atom stereocenters. The molecule has 0 radical (unpaired) electrons. The van der Waals surface area contributed by atoms with Crippen molar-refractivity contribution in [1.29, 1.82) is 0 Å². The van der Waals surface area contributed by atoms with Gasteiger partial charge in [-0.1, -0.05) is 32.1 Å². The van der Waals surface area contributed by atoms with Gasteiger partial charge >= 0.3 is 11.8 Å². The van der Waals surface area contributed by atoms with E-state index < -0.39 is 11.8 Å². The Morgan fingerprint density at radius 1 is 1.26 bits per heavy atom. The third-order valence-electron chi connectivity index (χ3n) is 6.58. The molecule has 3 N–H and O–H groups in total. The van der Waals surface area contributed by atoms with Gasteiger partial charge in [0.1, 0.15) is 5.75 Å². The van der Waals surface area contributed by atoms with Gasteiger partial charge in [-0.05, 0) is 69.0 Å². The lowest BCUT2D eigenvalue weighted by Gasteiger charge is -2.38. The zero-order valence-electron chi connectivity index (χ0n) is 21.2. The Hall–Kier alpha value is -3.13. The Labute approximate surface area is 208 Å². The molecule has 2 fully saturated rings. The summed E-state index contributed by atoms with van der Waals surface area (Å²) in [5.74, 6) is 0.435. The van der Waals surface area contributed by atoms with Crippen LogP contribution >= 0.6 is 0 Å². The van der Waals surface area contributed by atoms with Crippen molar-refractivity contribution in [2.75, 3.05) is 33.3 Å². The van der Waals surface area contributed by atoms with Crippen molar-refractivity contribution in [3.8, 4) is 5.75 Å². The molecule has 35 heavy (non-hydrogen) atoms. The first-order valence-electron chi connectivity index (χ1n) is 12.5. The van der Waals surface area contributed by atoms with Crippen molar-refractivity contribution in [2.45, 2.75) is 45.6 Å². The SMILES string of the molecule is CC/C=C/C(=C\N=CN)NC(=O)C(=O)N1C[C@@H](C)CC[C@@H]1c1cccc(OC[C@@H]2CCN(C)C2)c1. The lowest BCUT2D eigenvalue weighted by atomic mass is 9.89. The summed E-state index contributed by atoms with van der Waals surface area (Å²) in [5, 5.41) is 2.68. The van der Waals surface area contributed by atoms with Gasteiger partial charge in [-0.15, -0.1) is 0 Å². The minimum Gasteiger partial charge on any atom is -0.493 e. The first-order valence-corrected chi connectivity index (χ1v) is 12.5. The number of nitrogens with one attached hydrogen (secondary N) is 1. The second-order valence-corrected chi connectivity index (χ2v) is 9.60. The fourth-order valence-corrected chi connectivity index (χ4v) is 4.71. The maximum atomic E-state index is 13.3. The molecule has 8 nitrogen and oxygen atoms in total. The number of allylic oxidation sites excluding steroid dienone is 2. The Balaban J connectivity index is 1.72. The van der Waals surface area contributed by atoms with E-state index in [2.05, 4.69) is 29.2 Å². The highest BCUT2D eigenvalue weighted by Crippen LogP contribution is 2.35. The highest BCUT2D eigenvalue weighted by Gasteiger charge is 2.34. The van der Waals surface area contributed by atoms with Crippen molar-refractivity contribution in [3.63, 3.8) is 0 Å². The van der Waals surface area contributed by atoms with E-state index in [0.717, 1.165) is 56.4 Å². The molecule has 1 aromatic carbocycles. The highest BCUT2D eigenvalue weighted by molar-refractivity contribution is 6.35. The number of likely N-dealkylation sites (tertiary alicyclic amines) is 2. The molecule has 2 heterocycles. The number of piperidine rings is 1. The number of hydrogen-bond acceptors (Lipinski definition) is 5. The standard InChI is InChI=1S/C27H39N5O3/c1-4-5-8-23(15-29-19-28)30-26(33)27(34)32-16-20(2)10-11-25(32)22-7-6-9-24(14-22)35-18-21-12-13-31(3)17-21/h5-9,14-15,19-21,25H,4,10-13,16-18H2,1-3H3,(H2,28,29)(H,30,33)/b8-5+,23-15+/t20-,21+,25+/m0/s1. The van der Waals surface area contributed by atoms with Crippen molar-refractivity contribution < 1.29 is 14.3 Å². The number of carbonyl (C=O) groups excluding carboxylic acids is 2. The van der Waals surface area contributed by atoms with Crippen molar-refractivity contribution in [2.24, 2.45) is 22.6 Å².